The Balaban J connectivity index is 3.07. The molecular formula is C13H15FN2O. The van der Waals surface area contributed by atoms with Gasteiger partial charge in [-0.1, -0.05) is 20.8 Å². The van der Waals surface area contributed by atoms with Crippen molar-refractivity contribution in [1.82, 2.24) is 0 Å². The Labute approximate surface area is 100 Å². The summed E-state index contributed by atoms with van der Waals surface area (Å²) in [7, 11) is 0. The molecule has 1 unspecified atom stereocenters. The van der Waals surface area contributed by atoms with Gasteiger partial charge in [-0.3, -0.25) is 4.79 Å². The third-order valence-corrected chi connectivity index (χ3v) is 2.59. The molecule has 1 aromatic rings. The maximum absolute atomic E-state index is 13.4. The van der Waals surface area contributed by atoms with Gasteiger partial charge in [-0.25, -0.2) is 4.39 Å². The minimum atomic E-state index is -0.699. The molecule has 0 spiro atoms. The summed E-state index contributed by atoms with van der Waals surface area (Å²) in [5.74, 6) is -1.01. The van der Waals surface area contributed by atoms with Crippen LogP contribution in [-0.4, -0.2) is 11.8 Å². The number of rotatable bonds is 2. The first-order chi connectivity index (χ1) is 7.77. The lowest BCUT2D eigenvalue weighted by Gasteiger charge is -2.25. The highest BCUT2D eigenvalue weighted by Crippen LogP contribution is 2.21. The molecule has 3 nitrogen and oxygen atoms in total. The summed E-state index contributed by atoms with van der Waals surface area (Å²) in [4.78, 5) is 12.0. The van der Waals surface area contributed by atoms with E-state index < -0.39 is 11.9 Å². The van der Waals surface area contributed by atoms with E-state index in [1.165, 1.54) is 12.1 Å². The van der Waals surface area contributed by atoms with Crippen molar-refractivity contribution in [2.75, 3.05) is 0 Å². The summed E-state index contributed by atoms with van der Waals surface area (Å²) >= 11 is 0. The lowest BCUT2D eigenvalue weighted by molar-refractivity contribution is 0.0901. The van der Waals surface area contributed by atoms with Crippen molar-refractivity contribution in [3.05, 3.63) is 35.1 Å². The summed E-state index contributed by atoms with van der Waals surface area (Å²) in [6.07, 6.45) is 0. The molecule has 0 saturated heterocycles. The fourth-order valence-corrected chi connectivity index (χ4v) is 1.33. The molecule has 17 heavy (non-hydrogen) atoms. The van der Waals surface area contributed by atoms with Gasteiger partial charge in [0.1, 0.15) is 11.9 Å². The van der Waals surface area contributed by atoms with Crippen LogP contribution < -0.4 is 5.73 Å². The molecule has 0 bridgehead atoms. The van der Waals surface area contributed by atoms with Crippen molar-refractivity contribution in [2.45, 2.75) is 26.8 Å². The number of carbonyl (C=O) groups excluding carboxylic acids is 1. The highest BCUT2D eigenvalue weighted by Gasteiger charge is 2.28. The largest absolute Gasteiger partial charge is 0.321 e. The van der Waals surface area contributed by atoms with E-state index in [1.54, 1.807) is 6.07 Å². The van der Waals surface area contributed by atoms with E-state index in [0.29, 0.717) is 0 Å². The van der Waals surface area contributed by atoms with Gasteiger partial charge >= 0.3 is 0 Å². The van der Waals surface area contributed by atoms with E-state index in [9.17, 15) is 9.18 Å². The second-order valence-corrected chi connectivity index (χ2v) is 5.01. The molecule has 0 amide bonds. The minimum Gasteiger partial charge on any atom is -0.321 e. The van der Waals surface area contributed by atoms with E-state index in [2.05, 4.69) is 0 Å². The van der Waals surface area contributed by atoms with Gasteiger partial charge in [0.05, 0.1) is 11.6 Å². The van der Waals surface area contributed by atoms with Crippen LogP contribution in [0.15, 0.2) is 18.2 Å². The molecule has 0 heterocycles. The van der Waals surface area contributed by atoms with Crippen molar-refractivity contribution in [2.24, 2.45) is 11.1 Å². The Kier molecular flexibility index (Phi) is 3.64. The van der Waals surface area contributed by atoms with E-state index in [-0.39, 0.29) is 22.3 Å². The van der Waals surface area contributed by atoms with Crippen LogP contribution in [0, 0.1) is 22.6 Å². The van der Waals surface area contributed by atoms with E-state index >= 15 is 0 Å². The van der Waals surface area contributed by atoms with Gasteiger partial charge in [-0.05, 0) is 23.6 Å². The number of hydrogen-bond donors (Lipinski definition) is 1. The van der Waals surface area contributed by atoms with Gasteiger partial charge in [-0.2, -0.15) is 5.26 Å². The number of carbonyl (C=O) groups is 1. The van der Waals surface area contributed by atoms with Crippen LogP contribution in [0.5, 0.6) is 0 Å². The number of halogens is 1. The summed E-state index contributed by atoms with van der Waals surface area (Å²) < 4.78 is 13.4. The Hall–Kier alpha value is -1.73. The Morgan fingerprint density at radius 3 is 2.47 bits per heavy atom. The summed E-state index contributed by atoms with van der Waals surface area (Å²) in [6, 6.07) is 4.78. The second-order valence-electron chi connectivity index (χ2n) is 5.01. The van der Waals surface area contributed by atoms with Crippen molar-refractivity contribution in [3.8, 4) is 6.07 Å². The lowest BCUT2D eigenvalue weighted by atomic mass is 9.83. The molecule has 0 radical (unpaired) electrons. The molecule has 1 rings (SSSR count). The van der Waals surface area contributed by atoms with Crippen LogP contribution in [0.2, 0.25) is 0 Å². The summed E-state index contributed by atoms with van der Waals surface area (Å²) in [5, 5.41) is 8.59. The van der Waals surface area contributed by atoms with Crippen LogP contribution in [0.4, 0.5) is 4.39 Å². The zero-order valence-electron chi connectivity index (χ0n) is 10.1. The van der Waals surface area contributed by atoms with Crippen LogP contribution in [0.25, 0.3) is 0 Å². The molecule has 0 aliphatic heterocycles. The smallest absolute Gasteiger partial charge is 0.180 e. The molecule has 4 heteroatoms. The SMILES string of the molecule is CC(C)(C)C(N)C(=O)c1ccc(C#N)c(F)c1. The summed E-state index contributed by atoms with van der Waals surface area (Å²) in [5.41, 5.74) is 5.54. The predicted molar refractivity (Wildman–Crippen MR) is 62.9 cm³/mol. The standard InChI is InChI=1S/C13H15FN2O/c1-13(2,3)12(16)11(17)8-4-5-9(7-15)10(14)6-8/h4-6,12H,16H2,1-3H3. The average Bonchev–Trinajstić information content (AvgIpc) is 2.25. The topological polar surface area (TPSA) is 66.9 Å². The van der Waals surface area contributed by atoms with Crippen LogP contribution in [0.3, 0.4) is 0 Å². The number of nitrogens with two attached hydrogens (primary N) is 1. The van der Waals surface area contributed by atoms with Gasteiger partial charge in [-0.15, -0.1) is 0 Å². The number of ketones is 1. The van der Waals surface area contributed by atoms with Crippen molar-refractivity contribution >= 4 is 5.78 Å². The molecule has 90 valence electrons. The Morgan fingerprint density at radius 2 is 2.06 bits per heavy atom. The van der Waals surface area contributed by atoms with Crippen molar-refractivity contribution in [1.29, 1.82) is 5.26 Å². The van der Waals surface area contributed by atoms with Crippen LogP contribution in [-0.2, 0) is 0 Å². The highest BCUT2D eigenvalue weighted by molar-refractivity contribution is 6.00. The average molecular weight is 234 g/mol. The zero-order valence-corrected chi connectivity index (χ0v) is 10.1. The maximum Gasteiger partial charge on any atom is 0.180 e. The molecule has 1 aromatic carbocycles. The number of nitrogens with zero attached hydrogens (tertiary/aromatic N) is 1. The first-order valence-corrected chi connectivity index (χ1v) is 5.27. The first-order valence-electron chi connectivity index (χ1n) is 5.27. The molecule has 0 fully saturated rings. The molecular weight excluding hydrogens is 219 g/mol. The normalized spacial score (nSPS) is 12.9. The van der Waals surface area contributed by atoms with Gasteiger partial charge < -0.3 is 5.73 Å². The quantitative estimate of drug-likeness (QED) is 0.798. The van der Waals surface area contributed by atoms with Crippen LogP contribution >= 0.6 is 0 Å². The van der Waals surface area contributed by atoms with Gasteiger partial charge in [0.25, 0.3) is 0 Å². The Bertz CT molecular complexity index is 483. The molecule has 2 N–H and O–H groups in total. The van der Waals surface area contributed by atoms with Gasteiger partial charge in [0.2, 0.25) is 0 Å². The van der Waals surface area contributed by atoms with Crippen molar-refractivity contribution < 1.29 is 9.18 Å². The third-order valence-electron chi connectivity index (χ3n) is 2.59. The highest BCUT2D eigenvalue weighted by atomic mass is 19.1. The predicted octanol–water partition coefficient (Wildman–Crippen LogP) is 2.25. The van der Waals surface area contributed by atoms with Gasteiger partial charge in [0, 0.05) is 5.56 Å². The summed E-state index contributed by atoms with van der Waals surface area (Å²) in [6.45, 7) is 5.53. The van der Waals surface area contributed by atoms with E-state index in [1.807, 2.05) is 20.8 Å². The first kappa shape index (κ1) is 13.3. The molecule has 0 saturated carbocycles. The number of hydrogen-bond acceptors (Lipinski definition) is 3. The zero-order chi connectivity index (χ0) is 13.2. The van der Waals surface area contributed by atoms with Gasteiger partial charge in [0.15, 0.2) is 5.78 Å². The molecule has 0 aromatic heterocycles. The fourth-order valence-electron chi connectivity index (χ4n) is 1.33. The second kappa shape index (κ2) is 4.64. The van der Waals surface area contributed by atoms with Crippen molar-refractivity contribution in [3.63, 3.8) is 0 Å². The lowest BCUT2D eigenvalue weighted by Crippen LogP contribution is -2.42. The fraction of sp³-hybridized carbons (Fsp3) is 0.385. The number of Topliss-reactive ketones (excluding diaryl/α,β-unsaturated/α-hetero) is 1. The molecule has 0 aliphatic rings. The molecule has 0 aliphatic carbocycles. The maximum atomic E-state index is 13.4. The Morgan fingerprint density at radius 1 is 1.47 bits per heavy atom. The number of nitriles is 1. The van der Waals surface area contributed by atoms with Crippen LogP contribution in [0.1, 0.15) is 36.7 Å². The third kappa shape index (κ3) is 2.89. The molecule has 1 atom stereocenters. The number of benzene rings is 1. The minimum absolute atomic E-state index is 0.0779. The van der Waals surface area contributed by atoms with E-state index in [4.69, 9.17) is 11.0 Å². The monoisotopic (exact) mass is 234 g/mol. The van der Waals surface area contributed by atoms with E-state index in [0.717, 1.165) is 6.07 Å².